The summed E-state index contributed by atoms with van der Waals surface area (Å²) in [5, 5.41) is 10.0. The molecule has 0 radical (unpaired) electrons. The van der Waals surface area contributed by atoms with E-state index in [0.717, 1.165) is 6.42 Å². The average Bonchev–Trinajstić information content (AvgIpc) is 2.34. The van der Waals surface area contributed by atoms with Crippen LogP contribution < -0.4 is 5.73 Å². The van der Waals surface area contributed by atoms with E-state index in [2.05, 4.69) is 24.9 Å². The van der Waals surface area contributed by atoms with Crippen LogP contribution in [-0.4, -0.2) is 23.2 Å². The number of carbonyl (C=O) groups is 2. The van der Waals surface area contributed by atoms with E-state index >= 15 is 0 Å². The van der Waals surface area contributed by atoms with Crippen molar-refractivity contribution in [2.45, 2.75) is 34.1 Å². The highest BCUT2D eigenvalue weighted by Gasteiger charge is 2.36. The summed E-state index contributed by atoms with van der Waals surface area (Å²) in [6.07, 6.45) is 0.737. The van der Waals surface area contributed by atoms with E-state index in [4.69, 9.17) is 5.73 Å². The molecule has 0 spiro atoms. The van der Waals surface area contributed by atoms with Crippen LogP contribution in [0.5, 0.6) is 0 Å². The molecular weight excluding hydrogens is 286 g/mol. The highest BCUT2D eigenvalue weighted by molar-refractivity contribution is 8.03. The molecular formula is C15H21N3O2S. The minimum absolute atomic E-state index is 0.0219. The van der Waals surface area contributed by atoms with E-state index in [9.17, 15) is 14.9 Å². The molecule has 0 saturated heterocycles. The van der Waals surface area contributed by atoms with Crippen molar-refractivity contribution >= 4 is 29.2 Å². The van der Waals surface area contributed by atoms with E-state index in [1.54, 1.807) is 6.92 Å². The fourth-order valence-corrected chi connectivity index (χ4v) is 3.47. The first-order chi connectivity index (χ1) is 9.77. The maximum absolute atomic E-state index is 11.9. The first-order valence-corrected chi connectivity index (χ1v) is 7.87. The van der Waals surface area contributed by atoms with Gasteiger partial charge < -0.3 is 5.73 Å². The second kappa shape index (κ2) is 7.41. The van der Waals surface area contributed by atoms with Crippen LogP contribution in [0.2, 0.25) is 0 Å². The number of nitrogens with two attached hydrogens (primary N) is 1. The smallest absolute Gasteiger partial charge is 0.227 e. The summed E-state index contributed by atoms with van der Waals surface area (Å²) in [5.41, 5.74) is 6.36. The van der Waals surface area contributed by atoms with Gasteiger partial charge in [0.05, 0.1) is 23.3 Å². The van der Waals surface area contributed by atoms with Crippen LogP contribution in [0.15, 0.2) is 15.6 Å². The van der Waals surface area contributed by atoms with Gasteiger partial charge in [-0.15, -0.1) is 0 Å². The Morgan fingerprint density at radius 1 is 1.48 bits per heavy atom. The van der Waals surface area contributed by atoms with Crippen LogP contribution in [0.1, 0.15) is 34.1 Å². The Bertz CT molecular complexity index is 544. The molecule has 0 aromatic carbocycles. The highest BCUT2D eigenvalue weighted by Crippen LogP contribution is 2.39. The Balaban J connectivity index is 3.23. The van der Waals surface area contributed by atoms with Crippen LogP contribution in [0.4, 0.5) is 0 Å². The molecule has 2 N–H and O–H groups in total. The van der Waals surface area contributed by atoms with Crippen LogP contribution in [0.25, 0.3) is 0 Å². The van der Waals surface area contributed by atoms with Crippen molar-refractivity contribution in [2.24, 2.45) is 28.5 Å². The van der Waals surface area contributed by atoms with Gasteiger partial charge in [-0.25, -0.2) is 4.99 Å². The fourth-order valence-electron chi connectivity index (χ4n) is 2.63. The lowest BCUT2D eigenvalue weighted by molar-refractivity contribution is -0.120. The Kier molecular flexibility index (Phi) is 6.16. The van der Waals surface area contributed by atoms with Gasteiger partial charge in [0.1, 0.15) is 10.8 Å². The van der Waals surface area contributed by atoms with Crippen molar-refractivity contribution in [2.75, 3.05) is 5.75 Å². The third-order valence-electron chi connectivity index (χ3n) is 3.37. The van der Waals surface area contributed by atoms with E-state index in [0.29, 0.717) is 22.2 Å². The molecule has 114 valence electrons. The van der Waals surface area contributed by atoms with Gasteiger partial charge in [0.25, 0.3) is 0 Å². The summed E-state index contributed by atoms with van der Waals surface area (Å²) < 4.78 is 0. The topological polar surface area (TPSA) is 96.3 Å². The molecule has 1 unspecified atom stereocenters. The molecule has 0 bridgehead atoms. The lowest BCUT2D eigenvalue weighted by atomic mass is 9.75. The molecule has 1 rings (SSSR count). The molecule has 0 aliphatic carbocycles. The second-order valence-electron chi connectivity index (χ2n) is 5.66. The number of nitrogens with zero attached hydrogens (tertiary/aromatic N) is 2. The summed E-state index contributed by atoms with van der Waals surface area (Å²) in [5.74, 6) is -0.509. The van der Waals surface area contributed by atoms with Gasteiger partial charge in [-0.2, -0.15) is 5.26 Å². The largest absolute Gasteiger partial charge is 0.369 e. The second-order valence-corrected chi connectivity index (χ2v) is 6.63. The number of rotatable bonds is 6. The molecule has 21 heavy (non-hydrogen) atoms. The minimum atomic E-state index is -0.452. The maximum atomic E-state index is 11.9. The zero-order valence-corrected chi connectivity index (χ0v) is 13.7. The van der Waals surface area contributed by atoms with Crippen LogP contribution in [0.3, 0.4) is 0 Å². The number of hydrogen-bond donors (Lipinski definition) is 1. The van der Waals surface area contributed by atoms with Gasteiger partial charge in [0.2, 0.25) is 5.91 Å². The predicted octanol–water partition coefficient (Wildman–Crippen LogP) is 2.28. The van der Waals surface area contributed by atoms with Crippen LogP contribution in [0, 0.1) is 29.1 Å². The molecule has 0 fully saturated rings. The fraction of sp³-hybridized carbons (Fsp3) is 0.600. The molecule has 0 aromatic heterocycles. The predicted molar refractivity (Wildman–Crippen MR) is 84.5 cm³/mol. The number of nitriles is 1. The van der Waals surface area contributed by atoms with Gasteiger partial charge in [-0.3, -0.25) is 9.59 Å². The Morgan fingerprint density at radius 3 is 2.52 bits per heavy atom. The number of thioether (sulfide) groups is 1. The van der Waals surface area contributed by atoms with Gasteiger partial charge in [-0.05, 0) is 26.2 Å². The van der Waals surface area contributed by atoms with Crippen molar-refractivity contribution in [3.8, 4) is 6.07 Å². The molecule has 0 saturated carbocycles. The lowest BCUT2D eigenvalue weighted by Gasteiger charge is -2.30. The minimum Gasteiger partial charge on any atom is -0.369 e. The molecule has 6 heteroatoms. The molecule has 1 aliphatic heterocycles. The van der Waals surface area contributed by atoms with Crippen molar-refractivity contribution in [3.63, 3.8) is 0 Å². The maximum Gasteiger partial charge on any atom is 0.227 e. The monoisotopic (exact) mass is 307 g/mol. The SMILES string of the molecule is CC(=O)C1C(C)=NC(SCC(N)=O)=C(C#N)[C@@H]1CC(C)C. The third kappa shape index (κ3) is 4.43. The molecule has 2 atom stereocenters. The van der Waals surface area contributed by atoms with Gasteiger partial charge in [0.15, 0.2) is 0 Å². The van der Waals surface area contributed by atoms with Crippen LogP contribution in [-0.2, 0) is 9.59 Å². The first kappa shape index (κ1) is 17.4. The number of Topliss-reactive ketones (excluding diaryl/α,β-unsaturated/α-hetero) is 1. The normalized spacial score (nSPS) is 22.0. The summed E-state index contributed by atoms with van der Waals surface area (Å²) in [4.78, 5) is 27.3. The van der Waals surface area contributed by atoms with Gasteiger partial charge in [-0.1, -0.05) is 25.6 Å². The van der Waals surface area contributed by atoms with Gasteiger partial charge >= 0.3 is 0 Å². The quantitative estimate of drug-likeness (QED) is 0.814. The molecule has 0 aromatic rings. The zero-order valence-electron chi connectivity index (χ0n) is 12.8. The molecule has 1 heterocycles. The lowest BCUT2D eigenvalue weighted by Crippen LogP contribution is -2.33. The van der Waals surface area contributed by atoms with E-state index in [1.165, 1.54) is 18.7 Å². The number of carbonyl (C=O) groups excluding carboxylic acids is 2. The summed E-state index contributed by atoms with van der Waals surface area (Å²) in [7, 11) is 0. The van der Waals surface area contributed by atoms with Crippen molar-refractivity contribution in [1.29, 1.82) is 5.26 Å². The number of allylic oxidation sites excluding steroid dienone is 1. The number of amides is 1. The number of hydrogen-bond acceptors (Lipinski definition) is 5. The molecule has 1 amide bonds. The Morgan fingerprint density at radius 2 is 2.10 bits per heavy atom. The molecule has 5 nitrogen and oxygen atoms in total. The van der Waals surface area contributed by atoms with Crippen molar-refractivity contribution < 1.29 is 9.59 Å². The van der Waals surface area contributed by atoms with Crippen molar-refractivity contribution in [1.82, 2.24) is 0 Å². The summed E-state index contributed by atoms with van der Waals surface area (Å²) in [6, 6.07) is 2.19. The van der Waals surface area contributed by atoms with E-state index < -0.39 is 5.91 Å². The van der Waals surface area contributed by atoms with E-state index in [-0.39, 0.29) is 23.4 Å². The average molecular weight is 307 g/mol. The third-order valence-corrected chi connectivity index (χ3v) is 4.38. The number of ketones is 1. The first-order valence-electron chi connectivity index (χ1n) is 6.88. The number of aliphatic imine (C=N–C) groups is 1. The Hall–Kier alpha value is -1.61. The van der Waals surface area contributed by atoms with Gasteiger partial charge in [0, 0.05) is 11.6 Å². The van der Waals surface area contributed by atoms with Crippen molar-refractivity contribution in [3.05, 3.63) is 10.6 Å². The summed E-state index contributed by atoms with van der Waals surface area (Å²) >= 11 is 1.17. The van der Waals surface area contributed by atoms with Crippen LogP contribution >= 0.6 is 11.8 Å². The highest BCUT2D eigenvalue weighted by atomic mass is 32.2. The van der Waals surface area contributed by atoms with E-state index in [1.807, 2.05) is 0 Å². The Labute approximate surface area is 129 Å². The number of primary amides is 1. The standard InChI is InChI=1S/C15H21N3O2S/c1-8(2)5-11-12(6-16)15(21-7-13(17)20)18-9(3)14(11)10(4)19/h8,11,14H,5,7H2,1-4H3,(H2,17,20)/t11-,14?/m0/s1. The molecule has 1 aliphatic rings. The zero-order chi connectivity index (χ0) is 16.2. The summed E-state index contributed by atoms with van der Waals surface area (Å²) in [6.45, 7) is 7.46.